The van der Waals surface area contributed by atoms with E-state index in [1.54, 1.807) is 12.4 Å². The normalized spacial score (nSPS) is 26.1. The number of nitrogens with zero attached hydrogens (tertiary/aromatic N) is 4. The Morgan fingerprint density at radius 2 is 2.18 bits per heavy atom. The molecule has 0 N–H and O–H groups in total. The Balaban J connectivity index is 1.60. The second-order valence-electron chi connectivity index (χ2n) is 4.90. The van der Waals surface area contributed by atoms with Crippen molar-refractivity contribution in [1.82, 2.24) is 19.8 Å². The molecule has 3 heterocycles. The molecule has 0 saturated carbocycles. The summed E-state index contributed by atoms with van der Waals surface area (Å²) in [5, 5.41) is 0.467. The van der Waals surface area contributed by atoms with Crippen LogP contribution < -0.4 is 0 Å². The van der Waals surface area contributed by atoms with Crippen LogP contribution in [0.25, 0.3) is 0 Å². The van der Waals surface area contributed by atoms with Gasteiger partial charge in [0.2, 0.25) is 0 Å². The van der Waals surface area contributed by atoms with Crippen LogP contribution in [0.5, 0.6) is 0 Å². The third kappa shape index (κ3) is 2.59. The van der Waals surface area contributed by atoms with Crippen LogP contribution in [0.3, 0.4) is 0 Å². The minimum absolute atomic E-state index is 0.467. The van der Waals surface area contributed by atoms with Crippen LogP contribution in [0, 0.1) is 0 Å². The lowest BCUT2D eigenvalue weighted by Crippen LogP contribution is -2.49. The van der Waals surface area contributed by atoms with E-state index in [-0.39, 0.29) is 0 Å². The van der Waals surface area contributed by atoms with Gasteiger partial charge in [0.05, 0.1) is 18.1 Å². The summed E-state index contributed by atoms with van der Waals surface area (Å²) in [6.45, 7) is 5.70. The van der Waals surface area contributed by atoms with E-state index >= 15 is 0 Å². The summed E-state index contributed by atoms with van der Waals surface area (Å²) in [5.41, 5.74) is 1.01. The number of fused-ring (bicyclic) bond motifs is 1. The summed E-state index contributed by atoms with van der Waals surface area (Å²) in [7, 11) is 0. The molecule has 1 atom stereocenters. The van der Waals surface area contributed by atoms with Gasteiger partial charge in [-0.25, -0.2) is 4.98 Å². The SMILES string of the molecule is Clc1cnc(CN2CCN3CCCC3C2)cn1. The molecule has 4 nitrogen and oxygen atoms in total. The van der Waals surface area contributed by atoms with Gasteiger partial charge in [0, 0.05) is 32.2 Å². The lowest BCUT2D eigenvalue weighted by Gasteiger charge is -2.37. The summed E-state index contributed by atoms with van der Waals surface area (Å²) >= 11 is 5.73. The Hall–Kier alpha value is -0.710. The molecular weight excluding hydrogens is 236 g/mol. The predicted molar refractivity (Wildman–Crippen MR) is 66.9 cm³/mol. The van der Waals surface area contributed by atoms with Gasteiger partial charge in [-0.05, 0) is 19.4 Å². The van der Waals surface area contributed by atoms with E-state index in [0.717, 1.165) is 24.8 Å². The van der Waals surface area contributed by atoms with Gasteiger partial charge in [0.15, 0.2) is 0 Å². The summed E-state index contributed by atoms with van der Waals surface area (Å²) < 4.78 is 0. The number of hydrogen-bond acceptors (Lipinski definition) is 4. The lowest BCUT2D eigenvalue weighted by atomic mass is 10.1. The smallest absolute Gasteiger partial charge is 0.147 e. The zero-order valence-electron chi connectivity index (χ0n) is 9.85. The van der Waals surface area contributed by atoms with Crippen molar-refractivity contribution < 1.29 is 0 Å². The summed E-state index contributed by atoms with van der Waals surface area (Å²) in [6.07, 6.45) is 6.12. The predicted octanol–water partition coefficient (Wildman–Crippen LogP) is 1.41. The fourth-order valence-electron chi connectivity index (χ4n) is 2.85. The first kappa shape index (κ1) is 11.4. The molecule has 0 amide bonds. The average Bonchev–Trinajstić information content (AvgIpc) is 2.79. The van der Waals surface area contributed by atoms with Crippen LogP contribution >= 0.6 is 11.6 Å². The summed E-state index contributed by atoms with van der Waals surface area (Å²) in [5.74, 6) is 0. The maximum atomic E-state index is 5.73. The average molecular weight is 253 g/mol. The van der Waals surface area contributed by atoms with E-state index in [1.165, 1.54) is 32.5 Å². The van der Waals surface area contributed by atoms with E-state index in [1.807, 2.05) is 0 Å². The molecule has 0 spiro atoms. The number of hydrogen-bond donors (Lipinski definition) is 0. The number of halogens is 1. The highest BCUT2D eigenvalue weighted by atomic mass is 35.5. The third-order valence-corrected chi connectivity index (χ3v) is 3.93. The van der Waals surface area contributed by atoms with Gasteiger partial charge < -0.3 is 0 Å². The van der Waals surface area contributed by atoms with Crippen molar-refractivity contribution in [2.45, 2.75) is 25.4 Å². The Kier molecular flexibility index (Phi) is 3.27. The Morgan fingerprint density at radius 1 is 1.24 bits per heavy atom. The standard InChI is InChI=1S/C12H17ClN4/c13-12-7-14-10(6-15-12)8-16-4-5-17-3-1-2-11(17)9-16/h6-7,11H,1-5,8-9H2. The molecular formula is C12H17ClN4. The highest BCUT2D eigenvalue weighted by Gasteiger charge is 2.30. The first-order valence-corrected chi connectivity index (χ1v) is 6.62. The summed E-state index contributed by atoms with van der Waals surface area (Å²) in [4.78, 5) is 13.5. The number of rotatable bonds is 2. The molecule has 0 aromatic carbocycles. The van der Waals surface area contributed by atoms with Crippen molar-refractivity contribution in [2.24, 2.45) is 0 Å². The molecule has 2 aliphatic rings. The van der Waals surface area contributed by atoms with Gasteiger partial charge in [-0.3, -0.25) is 14.8 Å². The first-order valence-electron chi connectivity index (χ1n) is 6.24. The van der Waals surface area contributed by atoms with E-state index < -0.39 is 0 Å². The molecule has 1 unspecified atom stereocenters. The lowest BCUT2D eigenvalue weighted by molar-refractivity contribution is 0.0984. The van der Waals surface area contributed by atoms with Gasteiger partial charge in [-0.15, -0.1) is 0 Å². The van der Waals surface area contributed by atoms with Crippen LogP contribution in [0.1, 0.15) is 18.5 Å². The van der Waals surface area contributed by atoms with E-state index in [9.17, 15) is 0 Å². The zero-order chi connectivity index (χ0) is 11.7. The monoisotopic (exact) mass is 252 g/mol. The molecule has 2 fully saturated rings. The van der Waals surface area contributed by atoms with Crippen LogP contribution in [0.2, 0.25) is 5.15 Å². The summed E-state index contributed by atoms with van der Waals surface area (Å²) in [6, 6.07) is 0.768. The Labute approximate surface area is 107 Å². The van der Waals surface area contributed by atoms with Crippen molar-refractivity contribution in [3.05, 3.63) is 23.2 Å². The second kappa shape index (κ2) is 4.88. The molecule has 17 heavy (non-hydrogen) atoms. The maximum absolute atomic E-state index is 5.73. The fraction of sp³-hybridized carbons (Fsp3) is 0.667. The zero-order valence-corrected chi connectivity index (χ0v) is 10.6. The quantitative estimate of drug-likeness (QED) is 0.797. The fourth-order valence-corrected chi connectivity index (χ4v) is 2.95. The van der Waals surface area contributed by atoms with Crippen molar-refractivity contribution >= 4 is 11.6 Å². The molecule has 0 aliphatic carbocycles. The highest BCUT2D eigenvalue weighted by Crippen LogP contribution is 2.22. The van der Waals surface area contributed by atoms with E-state index in [0.29, 0.717) is 5.15 Å². The van der Waals surface area contributed by atoms with Gasteiger partial charge in [0.1, 0.15) is 5.15 Å². The number of aromatic nitrogens is 2. The molecule has 0 bridgehead atoms. The minimum atomic E-state index is 0.467. The van der Waals surface area contributed by atoms with Crippen LogP contribution in [-0.4, -0.2) is 52.0 Å². The van der Waals surface area contributed by atoms with Gasteiger partial charge >= 0.3 is 0 Å². The molecule has 1 aromatic rings. The molecule has 3 rings (SSSR count). The van der Waals surface area contributed by atoms with Crippen molar-refractivity contribution in [3.8, 4) is 0 Å². The van der Waals surface area contributed by atoms with Crippen LogP contribution in [-0.2, 0) is 6.54 Å². The van der Waals surface area contributed by atoms with Crippen molar-refractivity contribution in [1.29, 1.82) is 0 Å². The molecule has 0 radical (unpaired) electrons. The van der Waals surface area contributed by atoms with E-state index in [4.69, 9.17) is 11.6 Å². The highest BCUT2D eigenvalue weighted by molar-refractivity contribution is 6.29. The van der Waals surface area contributed by atoms with E-state index in [2.05, 4.69) is 19.8 Å². The Bertz CT molecular complexity index is 381. The third-order valence-electron chi connectivity index (χ3n) is 3.73. The molecule has 1 aromatic heterocycles. The topological polar surface area (TPSA) is 32.3 Å². The van der Waals surface area contributed by atoms with Crippen LogP contribution in [0.15, 0.2) is 12.4 Å². The maximum Gasteiger partial charge on any atom is 0.147 e. The van der Waals surface area contributed by atoms with Crippen molar-refractivity contribution in [2.75, 3.05) is 26.2 Å². The van der Waals surface area contributed by atoms with Crippen LogP contribution in [0.4, 0.5) is 0 Å². The Morgan fingerprint density at radius 3 is 3.00 bits per heavy atom. The minimum Gasteiger partial charge on any atom is -0.298 e. The molecule has 2 aliphatic heterocycles. The van der Waals surface area contributed by atoms with Crippen molar-refractivity contribution in [3.63, 3.8) is 0 Å². The first-order chi connectivity index (χ1) is 8.31. The molecule has 92 valence electrons. The van der Waals surface area contributed by atoms with Gasteiger partial charge in [-0.1, -0.05) is 11.6 Å². The largest absolute Gasteiger partial charge is 0.298 e. The van der Waals surface area contributed by atoms with Gasteiger partial charge in [-0.2, -0.15) is 0 Å². The second-order valence-corrected chi connectivity index (χ2v) is 5.28. The van der Waals surface area contributed by atoms with Gasteiger partial charge in [0.25, 0.3) is 0 Å². The molecule has 2 saturated heterocycles. The number of piperazine rings is 1. The molecule has 5 heteroatoms.